The highest BCUT2D eigenvalue weighted by molar-refractivity contribution is 7.36. The van der Waals surface area contributed by atoms with E-state index in [2.05, 4.69) is 11.6 Å². The number of carbonyl (C=O) groups excluding carboxylic acids is 2. The Morgan fingerprint density at radius 1 is 1.50 bits per heavy atom. The molecule has 6 nitrogen and oxygen atoms in total. The first kappa shape index (κ1) is 15.4. The molecular formula is C8H15AlNO5P. The minimum absolute atomic E-state index is 0.0994. The third-order valence-corrected chi connectivity index (χ3v) is 2.13. The minimum Gasteiger partial charge on any atom is -0.504 e. The van der Waals surface area contributed by atoms with Gasteiger partial charge in [0, 0.05) is 6.61 Å². The Morgan fingerprint density at radius 2 is 2.19 bits per heavy atom. The molecule has 1 atom stereocenters. The second kappa shape index (κ2) is 9.62. The molecule has 0 spiro atoms. The van der Waals surface area contributed by atoms with Crippen molar-refractivity contribution in [3.63, 3.8) is 0 Å². The van der Waals surface area contributed by atoms with Crippen LogP contribution < -0.4 is 5.32 Å². The molecule has 16 heavy (non-hydrogen) atoms. The maximum atomic E-state index is 11.4. The van der Waals surface area contributed by atoms with Gasteiger partial charge in [0.2, 0.25) is 0 Å². The fourth-order valence-corrected chi connectivity index (χ4v) is 1.41. The van der Waals surface area contributed by atoms with Crippen molar-refractivity contribution < 1.29 is 22.9 Å². The normalized spacial score (nSPS) is 11.8. The average Bonchev–Trinajstić information content (AvgIpc) is 2.26. The fraction of sp³-hybridized carbons (Fsp3) is 0.625. The first-order valence-electron chi connectivity index (χ1n) is 4.67. The van der Waals surface area contributed by atoms with E-state index in [1.165, 1.54) is 0 Å². The summed E-state index contributed by atoms with van der Waals surface area (Å²) < 4.78 is 14.4. The Bertz CT molecular complexity index is 251. The van der Waals surface area contributed by atoms with Gasteiger partial charge in [-0.1, -0.05) is 14.5 Å². The average molecular weight is 263 g/mol. The number of rotatable bonds is 7. The van der Waals surface area contributed by atoms with Crippen LogP contribution in [0.4, 0.5) is 4.79 Å². The highest BCUT2D eigenvalue weighted by Crippen LogP contribution is 1.95. The standard InChI is InChI=1S/C8H13NO5P.Al.2H/c1-3-13-7(11)6(4-10)9-8(12)14-5-15-2;;;/h6H,2-5H2,1H3,(H,9,12);;;/q-1;+1;;. The Kier molecular flexibility index (Phi) is 9.26. The van der Waals surface area contributed by atoms with Gasteiger partial charge >= 0.3 is 28.7 Å². The van der Waals surface area contributed by atoms with Gasteiger partial charge in [-0.05, 0) is 6.92 Å². The van der Waals surface area contributed by atoms with Crippen molar-refractivity contribution in [3.8, 4) is 0 Å². The Balaban J connectivity index is 4.15. The molecule has 0 aromatic rings. The van der Waals surface area contributed by atoms with Gasteiger partial charge in [-0.15, -0.1) is 0 Å². The minimum atomic E-state index is -0.813. The SMILES string of the molecule is C=PCOC(=O)NC(C[O][AlH2])C(=O)OCC. The molecule has 0 aliphatic carbocycles. The molecular weight excluding hydrogens is 248 g/mol. The van der Waals surface area contributed by atoms with Crippen LogP contribution in [-0.2, 0) is 18.1 Å². The summed E-state index contributed by atoms with van der Waals surface area (Å²) in [5.74, 6) is -0.525. The van der Waals surface area contributed by atoms with Crippen molar-refractivity contribution in [1.29, 1.82) is 0 Å². The summed E-state index contributed by atoms with van der Waals surface area (Å²) in [6, 6.07) is -0.813. The van der Waals surface area contributed by atoms with Crippen LogP contribution in [0.25, 0.3) is 0 Å². The van der Waals surface area contributed by atoms with Gasteiger partial charge in [-0.25, -0.2) is 9.59 Å². The lowest BCUT2D eigenvalue weighted by atomic mass is 10.3. The van der Waals surface area contributed by atoms with Crippen molar-refractivity contribution in [1.82, 2.24) is 5.32 Å². The molecule has 0 heterocycles. The molecule has 0 fully saturated rings. The highest BCUT2D eigenvalue weighted by atomic mass is 31.1. The molecule has 0 aliphatic rings. The third kappa shape index (κ3) is 6.81. The second-order valence-corrected chi connectivity index (χ2v) is 3.97. The second-order valence-electron chi connectivity index (χ2n) is 2.69. The summed E-state index contributed by atoms with van der Waals surface area (Å²) in [6.45, 7) is 2.05. The van der Waals surface area contributed by atoms with Crippen LogP contribution in [-0.4, -0.2) is 60.6 Å². The monoisotopic (exact) mass is 263 g/mol. The summed E-state index contributed by atoms with van der Waals surface area (Å²) in [5.41, 5.74) is 0. The van der Waals surface area contributed by atoms with Crippen LogP contribution in [0.1, 0.15) is 6.92 Å². The maximum Gasteiger partial charge on any atom is 0.410 e. The van der Waals surface area contributed by atoms with E-state index in [1.54, 1.807) is 6.92 Å². The molecule has 0 aliphatic heterocycles. The molecule has 1 amide bonds. The molecule has 0 saturated heterocycles. The molecule has 8 heteroatoms. The first-order valence-corrected chi connectivity index (χ1v) is 6.75. The topological polar surface area (TPSA) is 73.9 Å². The number of esters is 1. The number of alkyl carbamates (subject to hydrolysis) is 1. The van der Waals surface area contributed by atoms with Crippen LogP contribution in [0.5, 0.6) is 0 Å². The van der Waals surface area contributed by atoms with Crippen molar-refractivity contribution >= 4 is 43.2 Å². The predicted molar refractivity (Wildman–Crippen MR) is 63.4 cm³/mol. The molecule has 1 unspecified atom stereocenters. The zero-order chi connectivity index (χ0) is 12.4. The van der Waals surface area contributed by atoms with Crippen molar-refractivity contribution in [2.45, 2.75) is 13.0 Å². The van der Waals surface area contributed by atoms with Crippen LogP contribution >= 0.6 is 8.20 Å². The number of hydrogen-bond donors (Lipinski definition) is 1. The molecule has 0 bridgehead atoms. The number of carbonyl (C=O) groups is 2. The molecule has 0 aromatic heterocycles. The van der Waals surface area contributed by atoms with Crippen molar-refractivity contribution in [2.75, 3.05) is 19.6 Å². The maximum absolute atomic E-state index is 11.4. The number of nitrogens with one attached hydrogen (secondary N) is 1. The number of ether oxygens (including phenoxy) is 2. The van der Waals surface area contributed by atoms with Gasteiger partial charge in [0.05, 0.1) is 6.61 Å². The summed E-state index contributed by atoms with van der Waals surface area (Å²) in [7, 11) is 0.692. The fourth-order valence-electron chi connectivity index (χ4n) is 0.866. The summed E-state index contributed by atoms with van der Waals surface area (Å²) >= 11 is 0.479. The largest absolute Gasteiger partial charge is 0.504 e. The van der Waals surface area contributed by atoms with Crippen molar-refractivity contribution in [2.24, 2.45) is 0 Å². The Labute approximate surface area is 104 Å². The smallest absolute Gasteiger partial charge is 0.410 e. The van der Waals surface area contributed by atoms with Gasteiger partial charge in [0.25, 0.3) is 0 Å². The van der Waals surface area contributed by atoms with Gasteiger partial charge < -0.3 is 18.6 Å². The quantitative estimate of drug-likeness (QED) is 0.382. The van der Waals surface area contributed by atoms with Crippen LogP contribution in [0.2, 0.25) is 0 Å². The first-order chi connectivity index (χ1) is 7.65. The van der Waals surface area contributed by atoms with E-state index in [9.17, 15) is 9.59 Å². The lowest BCUT2D eigenvalue weighted by Crippen LogP contribution is -2.45. The van der Waals surface area contributed by atoms with Gasteiger partial charge in [-0.3, -0.25) is 0 Å². The van der Waals surface area contributed by atoms with Crippen LogP contribution in [0, 0.1) is 0 Å². The van der Waals surface area contributed by atoms with E-state index < -0.39 is 18.1 Å². The van der Waals surface area contributed by atoms with E-state index in [-0.39, 0.29) is 19.6 Å². The third-order valence-electron chi connectivity index (χ3n) is 1.48. The predicted octanol–water partition coefficient (Wildman–Crippen LogP) is -0.455. The van der Waals surface area contributed by atoms with E-state index in [4.69, 9.17) is 13.3 Å². The molecule has 0 rings (SSSR count). The van der Waals surface area contributed by atoms with E-state index in [1.807, 2.05) is 0 Å². The van der Waals surface area contributed by atoms with Crippen LogP contribution in [0.15, 0.2) is 0 Å². The van der Waals surface area contributed by atoms with Gasteiger partial charge in [0.15, 0.2) is 6.04 Å². The number of hydrogen-bond acceptors (Lipinski definition) is 5. The Morgan fingerprint density at radius 3 is 2.69 bits per heavy atom. The molecule has 0 aromatic carbocycles. The lowest BCUT2D eigenvalue weighted by Gasteiger charge is -2.16. The van der Waals surface area contributed by atoms with E-state index in [0.29, 0.717) is 24.8 Å². The van der Waals surface area contributed by atoms with E-state index >= 15 is 0 Å². The molecule has 0 radical (unpaired) electrons. The molecule has 0 saturated carbocycles. The zero-order valence-corrected chi connectivity index (χ0v) is 12.3. The van der Waals surface area contributed by atoms with Crippen LogP contribution in [0.3, 0.4) is 0 Å². The summed E-state index contributed by atoms with van der Waals surface area (Å²) in [6.07, 6.45) is 3.00. The Hall–Kier alpha value is -0.598. The van der Waals surface area contributed by atoms with Crippen molar-refractivity contribution in [3.05, 3.63) is 0 Å². The van der Waals surface area contributed by atoms with Gasteiger partial charge in [-0.2, -0.15) is 0 Å². The number of amides is 1. The highest BCUT2D eigenvalue weighted by Gasteiger charge is 2.21. The molecule has 90 valence electrons. The zero-order valence-electron chi connectivity index (χ0n) is 9.39. The molecule has 1 N–H and O–H groups in total. The van der Waals surface area contributed by atoms with E-state index in [0.717, 1.165) is 0 Å². The summed E-state index contributed by atoms with van der Waals surface area (Å²) in [5, 5.41) is 2.37. The lowest BCUT2D eigenvalue weighted by molar-refractivity contribution is -0.146. The van der Waals surface area contributed by atoms with Gasteiger partial charge in [0.1, 0.15) is 6.35 Å². The summed E-state index contributed by atoms with van der Waals surface area (Å²) in [4.78, 5) is 22.5.